The highest BCUT2D eigenvalue weighted by Gasteiger charge is 2.21. The number of hydrogen-bond acceptors (Lipinski definition) is 5. The van der Waals surface area contributed by atoms with Gasteiger partial charge >= 0.3 is 0 Å². The molecule has 0 radical (unpaired) electrons. The molecule has 7 nitrogen and oxygen atoms in total. The van der Waals surface area contributed by atoms with E-state index in [4.69, 9.17) is 4.52 Å². The van der Waals surface area contributed by atoms with Gasteiger partial charge in [-0.2, -0.15) is 4.98 Å². The van der Waals surface area contributed by atoms with Crippen LogP contribution in [-0.2, 0) is 4.79 Å². The molecule has 0 spiro atoms. The Morgan fingerprint density at radius 1 is 1.11 bits per heavy atom. The van der Waals surface area contributed by atoms with Crippen LogP contribution in [0.15, 0.2) is 53.1 Å². The molecule has 1 aliphatic heterocycles. The predicted molar refractivity (Wildman–Crippen MR) is 100 cm³/mol. The van der Waals surface area contributed by atoms with Crippen molar-refractivity contribution in [2.45, 2.75) is 19.8 Å². The Morgan fingerprint density at radius 2 is 1.85 bits per heavy atom. The number of aryl methyl sites for hydroxylation is 1. The highest BCUT2D eigenvalue weighted by Crippen LogP contribution is 2.23. The van der Waals surface area contributed by atoms with E-state index >= 15 is 0 Å². The van der Waals surface area contributed by atoms with E-state index in [-0.39, 0.29) is 11.8 Å². The standard InChI is InChI=1S/C20H18N4O3/c1-13-21-20(27-23-13)15-6-4-14(5-7-15)19(26)22-16-8-10-17(11-9-16)24-12-2-3-18(24)25/h4-11H,2-3,12H2,1H3,(H,22,26). The number of carbonyl (C=O) groups excluding carboxylic acids is 2. The fraction of sp³-hybridized carbons (Fsp3) is 0.200. The second-order valence-electron chi connectivity index (χ2n) is 6.37. The van der Waals surface area contributed by atoms with Crippen molar-refractivity contribution in [3.05, 3.63) is 59.9 Å². The molecule has 0 atom stereocenters. The summed E-state index contributed by atoms with van der Waals surface area (Å²) in [6.07, 6.45) is 1.48. The first-order chi connectivity index (χ1) is 13.1. The summed E-state index contributed by atoms with van der Waals surface area (Å²) in [5.41, 5.74) is 2.81. The third kappa shape index (κ3) is 3.57. The van der Waals surface area contributed by atoms with Gasteiger partial charge in [0, 0.05) is 35.5 Å². The third-order valence-electron chi connectivity index (χ3n) is 4.43. The Hall–Kier alpha value is -3.48. The van der Waals surface area contributed by atoms with Crippen molar-refractivity contribution in [1.29, 1.82) is 0 Å². The van der Waals surface area contributed by atoms with Crippen LogP contribution in [0.25, 0.3) is 11.5 Å². The Labute approximate surface area is 156 Å². The fourth-order valence-electron chi connectivity index (χ4n) is 3.03. The van der Waals surface area contributed by atoms with Crippen LogP contribution < -0.4 is 10.2 Å². The Morgan fingerprint density at radius 3 is 2.44 bits per heavy atom. The van der Waals surface area contributed by atoms with Gasteiger partial charge in [-0.05, 0) is 61.9 Å². The number of amides is 2. The van der Waals surface area contributed by atoms with Crippen LogP contribution in [0.1, 0.15) is 29.0 Å². The molecule has 1 aromatic heterocycles. The van der Waals surface area contributed by atoms with Crippen molar-refractivity contribution in [3.8, 4) is 11.5 Å². The number of rotatable bonds is 4. The lowest BCUT2D eigenvalue weighted by Crippen LogP contribution is -2.23. The number of carbonyl (C=O) groups is 2. The van der Waals surface area contributed by atoms with Crippen molar-refractivity contribution >= 4 is 23.2 Å². The van der Waals surface area contributed by atoms with Gasteiger partial charge in [0.05, 0.1) is 0 Å². The molecule has 0 unspecified atom stereocenters. The van der Waals surface area contributed by atoms with Crippen LogP contribution in [0, 0.1) is 6.92 Å². The quantitative estimate of drug-likeness (QED) is 0.768. The number of nitrogens with one attached hydrogen (secondary N) is 1. The van der Waals surface area contributed by atoms with Gasteiger partial charge in [0.2, 0.25) is 5.91 Å². The van der Waals surface area contributed by atoms with E-state index in [1.165, 1.54) is 0 Å². The highest BCUT2D eigenvalue weighted by atomic mass is 16.5. The second-order valence-corrected chi connectivity index (χ2v) is 6.37. The molecule has 0 bridgehead atoms. The lowest BCUT2D eigenvalue weighted by molar-refractivity contribution is -0.117. The molecule has 1 saturated heterocycles. The minimum Gasteiger partial charge on any atom is -0.334 e. The molecule has 1 N–H and O–H groups in total. The van der Waals surface area contributed by atoms with Crippen LogP contribution in [0.3, 0.4) is 0 Å². The molecule has 0 aliphatic carbocycles. The lowest BCUT2D eigenvalue weighted by atomic mass is 10.1. The smallest absolute Gasteiger partial charge is 0.257 e. The summed E-state index contributed by atoms with van der Waals surface area (Å²) in [6, 6.07) is 14.2. The van der Waals surface area contributed by atoms with Gasteiger partial charge in [-0.3, -0.25) is 9.59 Å². The first kappa shape index (κ1) is 17.0. The van der Waals surface area contributed by atoms with Gasteiger partial charge in [-0.1, -0.05) is 5.16 Å². The number of aromatic nitrogens is 2. The van der Waals surface area contributed by atoms with E-state index in [2.05, 4.69) is 15.5 Å². The van der Waals surface area contributed by atoms with Gasteiger partial charge in [0.1, 0.15) is 0 Å². The molecule has 1 fully saturated rings. The molecule has 1 aliphatic rings. The van der Waals surface area contributed by atoms with Crippen molar-refractivity contribution in [3.63, 3.8) is 0 Å². The average molecular weight is 362 g/mol. The summed E-state index contributed by atoms with van der Waals surface area (Å²) in [5, 5.41) is 6.61. The van der Waals surface area contributed by atoms with Gasteiger partial charge in [0.15, 0.2) is 5.82 Å². The van der Waals surface area contributed by atoms with E-state index in [0.717, 1.165) is 24.2 Å². The molecule has 136 valence electrons. The fourth-order valence-corrected chi connectivity index (χ4v) is 3.03. The summed E-state index contributed by atoms with van der Waals surface area (Å²) >= 11 is 0. The maximum Gasteiger partial charge on any atom is 0.257 e. The van der Waals surface area contributed by atoms with E-state index in [1.54, 1.807) is 48.2 Å². The molecule has 0 saturated carbocycles. The Kier molecular flexibility index (Phi) is 4.42. The molecule has 7 heteroatoms. The largest absolute Gasteiger partial charge is 0.334 e. The zero-order valence-electron chi connectivity index (χ0n) is 14.8. The summed E-state index contributed by atoms with van der Waals surface area (Å²) in [4.78, 5) is 30.2. The van der Waals surface area contributed by atoms with Gasteiger partial charge in [-0.25, -0.2) is 0 Å². The Balaban J connectivity index is 1.43. The molecule has 2 aromatic carbocycles. The first-order valence-electron chi connectivity index (χ1n) is 8.73. The zero-order valence-corrected chi connectivity index (χ0v) is 14.8. The minimum absolute atomic E-state index is 0.142. The van der Waals surface area contributed by atoms with Gasteiger partial charge in [0.25, 0.3) is 11.8 Å². The maximum atomic E-state index is 12.4. The summed E-state index contributed by atoms with van der Waals surface area (Å²) < 4.78 is 5.12. The topological polar surface area (TPSA) is 88.3 Å². The van der Waals surface area contributed by atoms with Gasteiger partial charge < -0.3 is 14.7 Å². The molecular weight excluding hydrogens is 344 g/mol. The van der Waals surface area contributed by atoms with Crippen LogP contribution >= 0.6 is 0 Å². The third-order valence-corrected chi connectivity index (χ3v) is 4.43. The van der Waals surface area contributed by atoms with E-state index in [9.17, 15) is 9.59 Å². The summed E-state index contributed by atoms with van der Waals surface area (Å²) in [7, 11) is 0. The number of nitrogens with zero attached hydrogens (tertiary/aromatic N) is 3. The molecule has 2 heterocycles. The van der Waals surface area contributed by atoms with Crippen molar-refractivity contribution in [2.75, 3.05) is 16.8 Å². The zero-order chi connectivity index (χ0) is 18.8. The number of benzene rings is 2. The molecule has 3 aromatic rings. The van der Waals surface area contributed by atoms with Crippen LogP contribution in [0.5, 0.6) is 0 Å². The van der Waals surface area contributed by atoms with E-state index in [0.29, 0.717) is 29.4 Å². The average Bonchev–Trinajstić information content (AvgIpc) is 3.31. The van der Waals surface area contributed by atoms with Crippen LogP contribution in [0.4, 0.5) is 11.4 Å². The lowest BCUT2D eigenvalue weighted by Gasteiger charge is -2.16. The minimum atomic E-state index is -0.215. The van der Waals surface area contributed by atoms with E-state index < -0.39 is 0 Å². The monoisotopic (exact) mass is 362 g/mol. The first-order valence-corrected chi connectivity index (χ1v) is 8.73. The molecule has 2 amide bonds. The van der Waals surface area contributed by atoms with Gasteiger partial charge in [-0.15, -0.1) is 0 Å². The van der Waals surface area contributed by atoms with Crippen molar-refractivity contribution < 1.29 is 14.1 Å². The predicted octanol–water partition coefficient (Wildman–Crippen LogP) is 3.42. The van der Waals surface area contributed by atoms with Crippen molar-refractivity contribution in [2.24, 2.45) is 0 Å². The molecular formula is C20H18N4O3. The number of anilines is 2. The molecule has 27 heavy (non-hydrogen) atoms. The second kappa shape index (κ2) is 7.03. The van der Waals surface area contributed by atoms with E-state index in [1.807, 2.05) is 12.1 Å². The molecule has 4 rings (SSSR count). The summed E-state index contributed by atoms with van der Waals surface area (Å²) in [6.45, 7) is 2.50. The van der Waals surface area contributed by atoms with Crippen LogP contribution in [-0.4, -0.2) is 28.5 Å². The van der Waals surface area contributed by atoms with Crippen LogP contribution in [0.2, 0.25) is 0 Å². The highest BCUT2D eigenvalue weighted by molar-refractivity contribution is 6.04. The Bertz CT molecular complexity index is 977. The number of hydrogen-bond donors (Lipinski definition) is 1. The SMILES string of the molecule is Cc1noc(-c2ccc(C(=O)Nc3ccc(N4CCCC4=O)cc3)cc2)n1. The summed E-state index contributed by atoms with van der Waals surface area (Å²) in [5.74, 6) is 0.911. The normalized spacial score (nSPS) is 13.8. The maximum absolute atomic E-state index is 12.4. The van der Waals surface area contributed by atoms with Crippen molar-refractivity contribution in [1.82, 2.24) is 10.1 Å².